The van der Waals surface area contributed by atoms with Gasteiger partial charge >= 0.3 is 5.97 Å². The molecule has 0 saturated heterocycles. The van der Waals surface area contributed by atoms with Crippen LogP contribution in [-0.4, -0.2) is 26.2 Å². The summed E-state index contributed by atoms with van der Waals surface area (Å²) < 4.78 is 26.3. The number of carbonyl (C=O) groups excluding carboxylic acids is 1. The smallest absolute Gasteiger partial charge is 0.332 e. The molecule has 0 spiro atoms. The number of carbonyl (C=O) groups is 1. The highest BCUT2D eigenvalue weighted by Gasteiger charge is 2.15. The van der Waals surface area contributed by atoms with Crippen LogP contribution >= 0.6 is 11.6 Å². The van der Waals surface area contributed by atoms with Gasteiger partial charge in [0, 0.05) is 6.08 Å². The highest BCUT2D eigenvalue weighted by atomic mass is 35.5. The van der Waals surface area contributed by atoms with E-state index in [4.69, 9.17) is 35.3 Å². The van der Waals surface area contributed by atoms with E-state index in [1.165, 1.54) is 6.08 Å². The van der Waals surface area contributed by atoms with E-state index >= 15 is 0 Å². The van der Waals surface area contributed by atoms with Gasteiger partial charge in [0.2, 0.25) is 13.6 Å². The molecule has 6 nitrogen and oxygen atoms in total. The number of rotatable bonds is 5. The SMILES string of the molecule is O=C(/C=C(/Cl)c1ccc2c(c1)OCO2)OC/C=C\c1ccc2c(c1)OCO2. The highest BCUT2D eigenvalue weighted by Crippen LogP contribution is 2.35. The summed E-state index contributed by atoms with van der Waals surface area (Å²) in [5.41, 5.74) is 1.57. The summed E-state index contributed by atoms with van der Waals surface area (Å²) in [7, 11) is 0. The van der Waals surface area contributed by atoms with E-state index in [9.17, 15) is 4.79 Å². The van der Waals surface area contributed by atoms with Crippen LogP contribution in [0, 0.1) is 0 Å². The van der Waals surface area contributed by atoms with E-state index in [0.717, 1.165) is 11.3 Å². The Morgan fingerprint density at radius 1 is 0.963 bits per heavy atom. The Kier molecular flexibility index (Phi) is 4.89. The fourth-order valence-corrected chi connectivity index (χ4v) is 2.81. The van der Waals surface area contributed by atoms with Gasteiger partial charge < -0.3 is 23.7 Å². The number of halogens is 1. The number of ether oxygens (including phenoxy) is 5. The van der Waals surface area contributed by atoms with Crippen LogP contribution in [0.3, 0.4) is 0 Å². The minimum atomic E-state index is -0.534. The average molecular weight is 387 g/mol. The van der Waals surface area contributed by atoms with Crippen molar-refractivity contribution in [3.8, 4) is 23.0 Å². The van der Waals surface area contributed by atoms with Crippen molar-refractivity contribution in [1.82, 2.24) is 0 Å². The average Bonchev–Trinajstić information content (AvgIpc) is 3.33. The van der Waals surface area contributed by atoms with Crippen LogP contribution in [0.2, 0.25) is 0 Å². The second kappa shape index (κ2) is 7.63. The van der Waals surface area contributed by atoms with Crippen molar-refractivity contribution in [2.24, 2.45) is 0 Å². The first-order valence-corrected chi connectivity index (χ1v) is 8.57. The lowest BCUT2D eigenvalue weighted by atomic mass is 10.2. The van der Waals surface area contributed by atoms with Crippen molar-refractivity contribution < 1.29 is 28.5 Å². The second-order valence-electron chi connectivity index (χ2n) is 5.71. The molecule has 2 aromatic rings. The van der Waals surface area contributed by atoms with Crippen LogP contribution in [-0.2, 0) is 9.53 Å². The molecule has 7 heteroatoms. The molecule has 2 aliphatic heterocycles. The molecule has 2 aromatic carbocycles. The van der Waals surface area contributed by atoms with Crippen molar-refractivity contribution >= 4 is 28.7 Å². The number of hydrogen-bond donors (Lipinski definition) is 0. The molecule has 0 bridgehead atoms. The third-order valence-corrected chi connectivity index (χ3v) is 4.25. The van der Waals surface area contributed by atoms with Crippen molar-refractivity contribution in [2.75, 3.05) is 20.2 Å². The zero-order valence-corrected chi connectivity index (χ0v) is 14.9. The first kappa shape index (κ1) is 17.3. The van der Waals surface area contributed by atoms with Gasteiger partial charge in [0.25, 0.3) is 0 Å². The van der Waals surface area contributed by atoms with E-state index in [-0.39, 0.29) is 25.2 Å². The lowest BCUT2D eigenvalue weighted by molar-refractivity contribution is -0.136. The van der Waals surface area contributed by atoms with Gasteiger partial charge in [0.1, 0.15) is 6.61 Å². The number of esters is 1. The van der Waals surface area contributed by atoms with Crippen LogP contribution in [0.4, 0.5) is 0 Å². The third kappa shape index (κ3) is 4.01. The van der Waals surface area contributed by atoms with Gasteiger partial charge in [-0.15, -0.1) is 0 Å². The van der Waals surface area contributed by atoms with Crippen molar-refractivity contribution in [2.45, 2.75) is 0 Å². The molecule has 0 unspecified atom stereocenters. The standard InChI is InChI=1S/C20H15ClO6/c21-15(14-4-6-17-19(9-14)27-12-25-17)10-20(22)23-7-1-2-13-3-5-16-18(8-13)26-11-24-16/h1-6,8-10H,7,11-12H2/b2-1-,15-10+. The predicted octanol–water partition coefficient (Wildman–Crippen LogP) is 3.98. The van der Waals surface area contributed by atoms with Crippen molar-refractivity contribution in [3.05, 3.63) is 59.7 Å². The molecule has 2 aliphatic rings. The molecule has 0 aliphatic carbocycles. The fourth-order valence-electron chi connectivity index (χ4n) is 2.60. The summed E-state index contributed by atoms with van der Waals surface area (Å²) in [6.45, 7) is 0.531. The lowest BCUT2D eigenvalue weighted by Crippen LogP contribution is -2.00. The van der Waals surface area contributed by atoms with E-state index in [1.807, 2.05) is 24.3 Å². The van der Waals surface area contributed by atoms with E-state index in [2.05, 4.69) is 0 Å². The maximum absolute atomic E-state index is 11.9. The molecule has 0 amide bonds. The molecule has 0 N–H and O–H groups in total. The van der Waals surface area contributed by atoms with Crippen LogP contribution in [0.1, 0.15) is 11.1 Å². The number of hydrogen-bond acceptors (Lipinski definition) is 6. The Balaban J connectivity index is 1.32. The molecule has 138 valence electrons. The van der Waals surface area contributed by atoms with Crippen LogP contribution in [0.15, 0.2) is 48.6 Å². The van der Waals surface area contributed by atoms with E-state index in [1.54, 1.807) is 24.3 Å². The third-order valence-electron chi connectivity index (χ3n) is 3.92. The Labute approximate surface area is 160 Å². The Morgan fingerprint density at radius 3 is 2.41 bits per heavy atom. The zero-order chi connectivity index (χ0) is 18.6. The Morgan fingerprint density at radius 2 is 1.63 bits per heavy atom. The molecule has 4 rings (SSSR count). The molecule has 0 aromatic heterocycles. The normalized spacial score (nSPS) is 14.6. The largest absolute Gasteiger partial charge is 0.458 e. The molecule has 2 heterocycles. The van der Waals surface area contributed by atoms with E-state index in [0.29, 0.717) is 22.8 Å². The van der Waals surface area contributed by atoms with Gasteiger partial charge in [-0.3, -0.25) is 0 Å². The van der Waals surface area contributed by atoms with Gasteiger partial charge in [-0.05, 0) is 47.5 Å². The first-order chi connectivity index (χ1) is 13.2. The summed E-state index contributed by atoms with van der Waals surface area (Å²) in [4.78, 5) is 11.9. The predicted molar refractivity (Wildman–Crippen MR) is 99.0 cm³/mol. The zero-order valence-electron chi connectivity index (χ0n) is 14.1. The topological polar surface area (TPSA) is 63.2 Å². The first-order valence-electron chi connectivity index (χ1n) is 8.19. The van der Waals surface area contributed by atoms with Gasteiger partial charge in [0.05, 0.1) is 5.03 Å². The van der Waals surface area contributed by atoms with Gasteiger partial charge in [-0.2, -0.15) is 0 Å². The summed E-state index contributed by atoms with van der Waals surface area (Å²) in [5, 5.41) is 0.262. The molecule has 27 heavy (non-hydrogen) atoms. The van der Waals surface area contributed by atoms with Crippen LogP contribution in [0.25, 0.3) is 11.1 Å². The molecular formula is C20H15ClO6. The maximum atomic E-state index is 11.9. The van der Waals surface area contributed by atoms with Crippen LogP contribution in [0.5, 0.6) is 23.0 Å². The lowest BCUT2D eigenvalue weighted by Gasteiger charge is -2.02. The molecule has 0 radical (unpaired) electrons. The molecule has 0 atom stereocenters. The minimum Gasteiger partial charge on any atom is -0.458 e. The van der Waals surface area contributed by atoms with Crippen molar-refractivity contribution in [3.63, 3.8) is 0 Å². The Bertz CT molecular complexity index is 934. The van der Waals surface area contributed by atoms with Gasteiger partial charge in [-0.25, -0.2) is 4.79 Å². The second-order valence-corrected chi connectivity index (χ2v) is 6.11. The van der Waals surface area contributed by atoms with Gasteiger partial charge in [0.15, 0.2) is 23.0 Å². The van der Waals surface area contributed by atoms with Crippen LogP contribution < -0.4 is 18.9 Å². The highest BCUT2D eigenvalue weighted by molar-refractivity contribution is 6.50. The van der Waals surface area contributed by atoms with Gasteiger partial charge in [-0.1, -0.05) is 23.7 Å². The maximum Gasteiger partial charge on any atom is 0.332 e. The minimum absolute atomic E-state index is 0.120. The summed E-state index contributed by atoms with van der Waals surface area (Å²) >= 11 is 6.19. The molecule has 0 saturated carbocycles. The number of fused-ring (bicyclic) bond motifs is 2. The summed E-state index contributed by atoms with van der Waals surface area (Å²) in [5.74, 6) is 2.14. The monoisotopic (exact) mass is 386 g/mol. The Hall–Kier alpha value is -3.12. The molecule has 0 fully saturated rings. The quantitative estimate of drug-likeness (QED) is 0.572. The summed E-state index contributed by atoms with van der Waals surface area (Å²) in [6.07, 6.45) is 4.80. The van der Waals surface area contributed by atoms with Crippen molar-refractivity contribution in [1.29, 1.82) is 0 Å². The summed E-state index contributed by atoms with van der Waals surface area (Å²) in [6, 6.07) is 10.8. The number of benzene rings is 2. The molecular weight excluding hydrogens is 372 g/mol. The van der Waals surface area contributed by atoms with E-state index < -0.39 is 5.97 Å². The fraction of sp³-hybridized carbons (Fsp3) is 0.150.